The molecule has 5 heteroatoms. The van der Waals surface area contributed by atoms with Gasteiger partial charge in [-0.3, -0.25) is 4.79 Å². The summed E-state index contributed by atoms with van der Waals surface area (Å²) < 4.78 is 0. The Hall–Kier alpha value is -1.26. The predicted octanol–water partition coefficient (Wildman–Crippen LogP) is 2.02. The lowest BCUT2D eigenvalue weighted by molar-refractivity contribution is -0.142. The van der Waals surface area contributed by atoms with E-state index in [2.05, 4.69) is 0 Å². The van der Waals surface area contributed by atoms with Crippen LogP contribution < -0.4 is 0 Å². The summed E-state index contributed by atoms with van der Waals surface area (Å²) in [4.78, 5) is 27.1. The number of hydrogen-bond donors (Lipinski definition) is 1. The van der Waals surface area contributed by atoms with Crippen molar-refractivity contribution in [2.45, 2.75) is 45.1 Å². The number of hydrogen-bond acceptors (Lipinski definition) is 2. The second-order valence-corrected chi connectivity index (χ2v) is 6.01. The highest BCUT2D eigenvalue weighted by Crippen LogP contribution is 2.27. The van der Waals surface area contributed by atoms with Crippen LogP contribution in [0.25, 0.3) is 0 Å². The fourth-order valence-electron chi connectivity index (χ4n) is 3.29. The Kier molecular flexibility index (Phi) is 4.32. The zero-order chi connectivity index (χ0) is 14.0. The Morgan fingerprint density at radius 2 is 1.79 bits per heavy atom. The molecule has 2 amide bonds. The molecular weight excluding hydrogens is 244 g/mol. The van der Waals surface area contributed by atoms with Crippen LogP contribution in [0, 0.1) is 11.8 Å². The molecule has 0 aromatic carbocycles. The Labute approximate surface area is 114 Å². The molecule has 0 bridgehead atoms. The first-order valence-corrected chi connectivity index (χ1v) is 7.25. The van der Waals surface area contributed by atoms with E-state index in [0.717, 1.165) is 12.8 Å². The van der Waals surface area contributed by atoms with Gasteiger partial charge in [0.2, 0.25) is 0 Å². The molecule has 2 fully saturated rings. The first-order chi connectivity index (χ1) is 9.00. The lowest BCUT2D eigenvalue weighted by atomic mass is 9.95. The highest BCUT2D eigenvalue weighted by atomic mass is 16.4. The van der Waals surface area contributed by atoms with E-state index in [1.807, 2.05) is 18.9 Å². The van der Waals surface area contributed by atoms with E-state index >= 15 is 0 Å². The maximum atomic E-state index is 12.4. The number of aliphatic carboxylic acids is 1. The molecular formula is C14H24N2O3. The zero-order valence-corrected chi connectivity index (χ0v) is 11.8. The summed E-state index contributed by atoms with van der Waals surface area (Å²) in [5.41, 5.74) is 0. The molecule has 0 spiro atoms. The Morgan fingerprint density at radius 1 is 1.16 bits per heavy atom. The number of rotatable bonds is 2. The number of amides is 2. The van der Waals surface area contributed by atoms with Crippen LogP contribution >= 0.6 is 0 Å². The third-order valence-corrected chi connectivity index (χ3v) is 4.62. The summed E-state index contributed by atoms with van der Waals surface area (Å²) in [6.07, 6.45) is 5.80. The van der Waals surface area contributed by atoms with E-state index in [-0.39, 0.29) is 11.9 Å². The molecule has 0 radical (unpaired) electrons. The molecule has 1 aliphatic heterocycles. The first kappa shape index (κ1) is 14.2. The summed E-state index contributed by atoms with van der Waals surface area (Å²) in [5, 5.41) is 9.12. The molecule has 2 aliphatic rings. The smallest absolute Gasteiger partial charge is 0.320 e. The fourth-order valence-corrected chi connectivity index (χ4v) is 3.29. The molecule has 1 saturated carbocycles. The largest absolute Gasteiger partial charge is 0.481 e. The van der Waals surface area contributed by atoms with Crippen LogP contribution in [-0.4, -0.2) is 53.1 Å². The maximum Gasteiger partial charge on any atom is 0.320 e. The van der Waals surface area contributed by atoms with Crippen LogP contribution in [0.3, 0.4) is 0 Å². The number of carboxylic acids is 1. The second kappa shape index (κ2) is 5.80. The van der Waals surface area contributed by atoms with E-state index < -0.39 is 11.9 Å². The quantitative estimate of drug-likeness (QED) is 0.833. The molecule has 0 aromatic rings. The van der Waals surface area contributed by atoms with E-state index in [1.165, 1.54) is 19.3 Å². The van der Waals surface area contributed by atoms with Gasteiger partial charge in [0.1, 0.15) is 0 Å². The molecule has 2 unspecified atom stereocenters. The highest BCUT2D eigenvalue weighted by molar-refractivity contribution is 5.77. The number of carbonyl (C=O) groups excluding carboxylic acids is 1. The molecule has 108 valence electrons. The molecule has 1 aliphatic carbocycles. The van der Waals surface area contributed by atoms with Crippen LogP contribution in [-0.2, 0) is 4.79 Å². The highest BCUT2D eigenvalue weighted by Gasteiger charge is 2.38. The third-order valence-electron chi connectivity index (χ3n) is 4.62. The zero-order valence-electron chi connectivity index (χ0n) is 11.8. The van der Waals surface area contributed by atoms with E-state index in [9.17, 15) is 9.59 Å². The first-order valence-electron chi connectivity index (χ1n) is 7.25. The molecule has 0 aromatic heterocycles. The van der Waals surface area contributed by atoms with Gasteiger partial charge in [-0.25, -0.2) is 4.79 Å². The minimum absolute atomic E-state index is 0.00231. The lowest BCUT2D eigenvalue weighted by Gasteiger charge is -2.34. The van der Waals surface area contributed by atoms with Gasteiger partial charge < -0.3 is 14.9 Å². The number of carboxylic acid groups (broad SMARTS) is 1. The molecule has 1 N–H and O–H groups in total. The Bertz CT molecular complexity index is 353. The van der Waals surface area contributed by atoms with Crippen molar-refractivity contribution in [3.05, 3.63) is 0 Å². The van der Waals surface area contributed by atoms with Gasteiger partial charge in [0.15, 0.2) is 0 Å². The van der Waals surface area contributed by atoms with Crippen molar-refractivity contribution in [3.8, 4) is 0 Å². The SMILES string of the molecule is CC1CN(C(=O)N(C)C2CCCCC2)CC1C(=O)O. The van der Waals surface area contributed by atoms with Crippen molar-refractivity contribution in [2.24, 2.45) is 11.8 Å². The average Bonchev–Trinajstić information content (AvgIpc) is 2.80. The van der Waals surface area contributed by atoms with Crippen molar-refractivity contribution in [2.75, 3.05) is 20.1 Å². The number of likely N-dealkylation sites (tertiary alicyclic amines) is 1. The molecule has 2 rings (SSSR count). The van der Waals surface area contributed by atoms with Gasteiger partial charge >= 0.3 is 12.0 Å². The van der Waals surface area contributed by atoms with E-state index in [4.69, 9.17) is 5.11 Å². The topological polar surface area (TPSA) is 60.9 Å². The normalized spacial score (nSPS) is 28.4. The van der Waals surface area contributed by atoms with Crippen LogP contribution in [0.1, 0.15) is 39.0 Å². The summed E-state index contributed by atoms with van der Waals surface area (Å²) in [6, 6.07) is 0.336. The van der Waals surface area contributed by atoms with Gasteiger partial charge in [0, 0.05) is 26.2 Å². The molecule has 2 atom stereocenters. The van der Waals surface area contributed by atoms with Crippen LogP contribution in [0.2, 0.25) is 0 Å². The minimum atomic E-state index is -0.789. The summed E-state index contributed by atoms with van der Waals surface area (Å²) in [5.74, 6) is -1.16. The Balaban J connectivity index is 1.94. The van der Waals surface area contributed by atoms with Gasteiger partial charge in [-0.1, -0.05) is 26.2 Å². The lowest BCUT2D eigenvalue weighted by Crippen LogP contribution is -2.46. The van der Waals surface area contributed by atoms with Gasteiger partial charge in [-0.15, -0.1) is 0 Å². The Morgan fingerprint density at radius 3 is 2.32 bits per heavy atom. The third kappa shape index (κ3) is 3.01. The standard InChI is InChI=1S/C14H24N2O3/c1-10-8-16(9-12(10)13(17)18)14(19)15(2)11-6-4-3-5-7-11/h10-12H,3-9H2,1-2H3,(H,17,18). The second-order valence-electron chi connectivity index (χ2n) is 6.01. The van der Waals surface area contributed by atoms with Crippen LogP contribution in [0.15, 0.2) is 0 Å². The summed E-state index contributed by atoms with van der Waals surface area (Å²) in [6.45, 7) is 2.83. The fraction of sp³-hybridized carbons (Fsp3) is 0.857. The van der Waals surface area contributed by atoms with Crippen molar-refractivity contribution in [1.82, 2.24) is 9.80 Å². The van der Waals surface area contributed by atoms with Crippen molar-refractivity contribution in [3.63, 3.8) is 0 Å². The minimum Gasteiger partial charge on any atom is -0.481 e. The average molecular weight is 268 g/mol. The molecule has 1 heterocycles. The van der Waals surface area contributed by atoms with Gasteiger partial charge in [0.25, 0.3) is 0 Å². The molecule has 5 nitrogen and oxygen atoms in total. The van der Waals surface area contributed by atoms with Gasteiger partial charge in [0.05, 0.1) is 5.92 Å². The molecule has 1 saturated heterocycles. The predicted molar refractivity (Wildman–Crippen MR) is 71.9 cm³/mol. The van der Waals surface area contributed by atoms with Crippen LogP contribution in [0.4, 0.5) is 4.79 Å². The van der Waals surface area contributed by atoms with Crippen LogP contribution in [0.5, 0.6) is 0 Å². The van der Waals surface area contributed by atoms with Gasteiger partial charge in [-0.2, -0.15) is 0 Å². The molecule has 19 heavy (non-hydrogen) atoms. The summed E-state index contributed by atoms with van der Waals surface area (Å²) >= 11 is 0. The number of carbonyl (C=O) groups is 2. The maximum absolute atomic E-state index is 12.4. The van der Waals surface area contributed by atoms with E-state index in [0.29, 0.717) is 19.1 Å². The number of nitrogens with zero attached hydrogens (tertiary/aromatic N) is 2. The van der Waals surface area contributed by atoms with Crippen molar-refractivity contribution >= 4 is 12.0 Å². The summed E-state index contributed by atoms with van der Waals surface area (Å²) in [7, 11) is 1.86. The number of urea groups is 1. The van der Waals surface area contributed by atoms with Gasteiger partial charge in [-0.05, 0) is 18.8 Å². The van der Waals surface area contributed by atoms with Crippen molar-refractivity contribution < 1.29 is 14.7 Å². The van der Waals surface area contributed by atoms with E-state index in [1.54, 1.807) is 4.90 Å². The monoisotopic (exact) mass is 268 g/mol. The van der Waals surface area contributed by atoms with Crippen molar-refractivity contribution in [1.29, 1.82) is 0 Å².